The molecule has 1 aliphatic carbocycles. The maximum Gasteiger partial charge on any atom is 0.0619 e. The number of benzene rings is 1. The molecule has 0 bridgehead atoms. The lowest BCUT2D eigenvalue weighted by molar-refractivity contribution is 0.718. The summed E-state index contributed by atoms with van der Waals surface area (Å²) in [4.78, 5) is 4.62. The Morgan fingerprint density at radius 1 is 1.17 bits per heavy atom. The zero-order valence-electron chi connectivity index (χ0n) is 10.9. The summed E-state index contributed by atoms with van der Waals surface area (Å²) in [6, 6.07) is 10.4. The van der Waals surface area contributed by atoms with Gasteiger partial charge in [-0.05, 0) is 37.1 Å². The van der Waals surface area contributed by atoms with Crippen LogP contribution in [0.4, 0.5) is 0 Å². The Morgan fingerprint density at radius 2 is 1.89 bits per heavy atom. The van der Waals surface area contributed by atoms with Gasteiger partial charge >= 0.3 is 0 Å². The minimum Gasteiger partial charge on any atom is -0.300 e. The second-order valence-corrected chi connectivity index (χ2v) is 4.48. The van der Waals surface area contributed by atoms with Gasteiger partial charge in [0.25, 0.3) is 0 Å². The van der Waals surface area contributed by atoms with Crippen LogP contribution >= 0.6 is 0 Å². The molecule has 18 heavy (non-hydrogen) atoms. The zero-order valence-corrected chi connectivity index (χ0v) is 10.9. The molecular weight excluding hydrogens is 220 g/mol. The van der Waals surface area contributed by atoms with E-state index in [1.165, 1.54) is 0 Å². The standard InChI is InChI=1S/C16H18N2/c1-3-12(2)18-14-9-10-16(17)15(11-14)13-7-5-4-6-8-13/h4-12,17H,3H2,1-2H3. The number of aliphatic imine (C=N–C) groups is 1. The van der Waals surface area contributed by atoms with Gasteiger partial charge in [0.2, 0.25) is 0 Å². The van der Waals surface area contributed by atoms with Crippen LogP contribution in [0.5, 0.6) is 0 Å². The van der Waals surface area contributed by atoms with Crippen molar-refractivity contribution in [3.05, 3.63) is 54.1 Å². The molecule has 92 valence electrons. The highest BCUT2D eigenvalue weighted by molar-refractivity contribution is 6.35. The smallest absolute Gasteiger partial charge is 0.0619 e. The van der Waals surface area contributed by atoms with Crippen molar-refractivity contribution in [2.24, 2.45) is 4.99 Å². The van der Waals surface area contributed by atoms with Crippen LogP contribution in [0, 0.1) is 5.41 Å². The first-order chi connectivity index (χ1) is 8.70. The summed E-state index contributed by atoms with van der Waals surface area (Å²) in [6.45, 7) is 4.24. The van der Waals surface area contributed by atoms with E-state index >= 15 is 0 Å². The highest BCUT2D eigenvalue weighted by Crippen LogP contribution is 2.19. The molecule has 0 spiro atoms. The Morgan fingerprint density at radius 3 is 2.56 bits per heavy atom. The SMILES string of the molecule is CCC(C)N=C1C=CC(=N)C(c2ccccc2)=C1. The van der Waals surface area contributed by atoms with Crippen LogP contribution in [0.1, 0.15) is 25.8 Å². The van der Waals surface area contributed by atoms with Crippen molar-refractivity contribution in [2.45, 2.75) is 26.3 Å². The molecule has 2 nitrogen and oxygen atoms in total. The first-order valence-electron chi connectivity index (χ1n) is 6.32. The van der Waals surface area contributed by atoms with E-state index in [4.69, 9.17) is 5.41 Å². The van der Waals surface area contributed by atoms with Crippen LogP contribution in [0.25, 0.3) is 5.57 Å². The first kappa shape index (κ1) is 12.5. The van der Waals surface area contributed by atoms with E-state index in [1.807, 2.05) is 48.6 Å². The Balaban J connectivity index is 2.34. The average molecular weight is 238 g/mol. The molecule has 1 aromatic rings. The molecule has 0 fully saturated rings. The van der Waals surface area contributed by atoms with E-state index in [0.29, 0.717) is 11.8 Å². The predicted molar refractivity (Wildman–Crippen MR) is 78.5 cm³/mol. The van der Waals surface area contributed by atoms with E-state index in [2.05, 4.69) is 18.8 Å². The van der Waals surface area contributed by atoms with Gasteiger partial charge in [-0.2, -0.15) is 0 Å². The quantitative estimate of drug-likeness (QED) is 0.775. The van der Waals surface area contributed by atoms with Crippen LogP contribution in [-0.2, 0) is 0 Å². The average Bonchev–Trinajstić information content (AvgIpc) is 2.42. The van der Waals surface area contributed by atoms with Crippen LogP contribution in [0.2, 0.25) is 0 Å². The van der Waals surface area contributed by atoms with Gasteiger partial charge in [0, 0.05) is 11.6 Å². The number of nitrogens with one attached hydrogen (secondary N) is 1. The van der Waals surface area contributed by atoms with Gasteiger partial charge < -0.3 is 5.41 Å². The van der Waals surface area contributed by atoms with Gasteiger partial charge in [-0.1, -0.05) is 37.3 Å². The zero-order chi connectivity index (χ0) is 13.0. The van der Waals surface area contributed by atoms with E-state index in [1.54, 1.807) is 0 Å². The number of hydrogen-bond donors (Lipinski definition) is 1. The summed E-state index contributed by atoms with van der Waals surface area (Å²) in [6.07, 6.45) is 6.78. The molecule has 2 heteroatoms. The molecule has 1 aromatic carbocycles. The molecular formula is C16H18N2. The van der Waals surface area contributed by atoms with Gasteiger partial charge in [0.1, 0.15) is 0 Å². The largest absolute Gasteiger partial charge is 0.300 e. The minimum absolute atomic E-state index is 0.324. The first-order valence-corrected chi connectivity index (χ1v) is 6.32. The lowest BCUT2D eigenvalue weighted by atomic mass is 9.95. The van der Waals surface area contributed by atoms with Crippen LogP contribution < -0.4 is 0 Å². The van der Waals surface area contributed by atoms with Crippen molar-refractivity contribution in [3.8, 4) is 0 Å². The van der Waals surface area contributed by atoms with Crippen molar-refractivity contribution >= 4 is 17.0 Å². The molecule has 1 N–H and O–H groups in total. The summed E-state index contributed by atoms with van der Waals surface area (Å²) < 4.78 is 0. The van der Waals surface area contributed by atoms with E-state index in [9.17, 15) is 0 Å². The van der Waals surface area contributed by atoms with Crippen LogP contribution in [0.15, 0.2) is 53.6 Å². The Kier molecular flexibility index (Phi) is 3.88. The summed E-state index contributed by atoms with van der Waals surface area (Å²) in [7, 11) is 0. The molecule has 1 unspecified atom stereocenters. The van der Waals surface area contributed by atoms with Gasteiger partial charge in [-0.25, -0.2) is 0 Å². The van der Waals surface area contributed by atoms with Crippen molar-refractivity contribution in [2.75, 3.05) is 0 Å². The maximum absolute atomic E-state index is 7.99. The van der Waals surface area contributed by atoms with Crippen molar-refractivity contribution in [1.82, 2.24) is 0 Å². The molecule has 0 aliphatic heterocycles. The summed E-state index contributed by atoms with van der Waals surface area (Å²) >= 11 is 0. The van der Waals surface area contributed by atoms with Crippen LogP contribution in [-0.4, -0.2) is 17.5 Å². The fourth-order valence-corrected chi connectivity index (χ4v) is 1.81. The second-order valence-electron chi connectivity index (χ2n) is 4.48. The fraction of sp³-hybridized carbons (Fsp3) is 0.250. The van der Waals surface area contributed by atoms with E-state index in [-0.39, 0.29) is 0 Å². The molecule has 1 aliphatic rings. The van der Waals surface area contributed by atoms with Gasteiger partial charge in [0.05, 0.1) is 11.4 Å². The van der Waals surface area contributed by atoms with Gasteiger partial charge in [0.15, 0.2) is 0 Å². The molecule has 0 saturated carbocycles. The molecule has 0 aromatic heterocycles. The second kappa shape index (κ2) is 5.58. The highest BCUT2D eigenvalue weighted by atomic mass is 14.8. The Hall–Kier alpha value is -1.96. The molecule has 0 amide bonds. The van der Waals surface area contributed by atoms with Crippen LogP contribution in [0.3, 0.4) is 0 Å². The molecule has 0 saturated heterocycles. The third-order valence-corrected chi connectivity index (χ3v) is 3.05. The monoisotopic (exact) mass is 238 g/mol. The highest BCUT2D eigenvalue weighted by Gasteiger charge is 2.11. The summed E-state index contributed by atoms with van der Waals surface area (Å²) in [5, 5.41) is 7.99. The normalized spacial score (nSPS) is 18.9. The van der Waals surface area contributed by atoms with Gasteiger partial charge in [-0.3, -0.25) is 4.99 Å². The molecule has 0 radical (unpaired) electrons. The topological polar surface area (TPSA) is 36.2 Å². The predicted octanol–water partition coefficient (Wildman–Crippen LogP) is 3.90. The number of rotatable bonds is 3. The van der Waals surface area contributed by atoms with Crippen molar-refractivity contribution < 1.29 is 0 Å². The molecule has 0 heterocycles. The lowest BCUT2D eigenvalue weighted by Crippen LogP contribution is -2.08. The van der Waals surface area contributed by atoms with Gasteiger partial charge in [-0.15, -0.1) is 0 Å². The number of allylic oxidation sites excluding steroid dienone is 4. The molecule has 1 atom stereocenters. The number of hydrogen-bond acceptors (Lipinski definition) is 2. The van der Waals surface area contributed by atoms with E-state index < -0.39 is 0 Å². The maximum atomic E-state index is 7.99. The fourth-order valence-electron chi connectivity index (χ4n) is 1.81. The third kappa shape index (κ3) is 2.83. The third-order valence-electron chi connectivity index (χ3n) is 3.05. The van der Waals surface area contributed by atoms with E-state index in [0.717, 1.165) is 23.3 Å². The summed E-state index contributed by atoms with van der Waals surface area (Å²) in [5.74, 6) is 0. The Labute approximate surface area is 108 Å². The van der Waals surface area contributed by atoms with Crippen molar-refractivity contribution in [3.63, 3.8) is 0 Å². The summed E-state index contributed by atoms with van der Waals surface area (Å²) in [5.41, 5.74) is 3.52. The Bertz CT molecular complexity index is 521. The minimum atomic E-state index is 0.324. The lowest BCUT2D eigenvalue weighted by Gasteiger charge is -2.12. The van der Waals surface area contributed by atoms with Crippen molar-refractivity contribution in [1.29, 1.82) is 5.41 Å². The number of nitrogens with zero attached hydrogens (tertiary/aromatic N) is 1. The molecule has 2 rings (SSSR count).